The molecule has 2 rings (SSSR count). The first kappa shape index (κ1) is 15.3. The quantitative estimate of drug-likeness (QED) is 0.856. The van der Waals surface area contributed by atoms with Crippen LogP contribution in [0.5, 0.6) is 0 Å². The lowest BCUT2D eigenvalue weighted by atomic mass is 10.1. The van der Waals surface area contributed by atoms with Crippen molar-refractivity contribution in [1.29, 1.82) is 0 Å². The molecular weight excluding hydrogens is 262 g/mol. The van der Waals surface area contributed by atoms with Gasteiger partial charge in [0.1, 0.15) is 6.54 Å². The van der Waals surface area contributed by atoms with Crippen LogP contribution in [0.4, 0.5) is 5.69 Å². The second-order valence-electron chi connectivity index (χ2n) is 5.28. The minimum absolute atomic E-state index is 0.0153. The molecule has 0 saturated carbocycles. The lowest BCUT2D eigenvalue weighted by molar-refractivity contribution is -0.116. The first-order valence-corrected chi connectivity index (χ1v) is 7.32. The van der Waals surface area contributed by atoms with E-state index in [2.05, 4.69) is 23.6 Å². The van der Waals surface area contributed by atoms with Gasteiger partial charge in [-0.1, -0.05) is 24.6 Å². The molecule has 2 aromatic rings. The monoisotopic (exact) mass is 285 g/mol. The van der Waals surface area contributed by atoms with Gasteiger partial charge in [0.15, 0.2) is 0 Å². The fraction of sp³-hybridized carbons (Fsp3) is 0.353. The Balaban J connectivity index is 1.95. The van der Waals surface area contributed by atoms with E-state index in [-0.39, 0.29) is 5.91 Å². The van der Waals surface area contributed by atoms with E-state index in [1.165, 1.54) is 11.1 Å². The van der Waals surface area contributed by atoms with E-state index in [1.54, 1.807) is 0 Å². The first-order chi connectivity index (χ1) is 10.1. The standard InChI is InChI=1S/C17H23N3O/c1-4-16(18-3)14-9-10-20(11-14)12-17(21)19-15-7-5-13(2)6-8-15/h5-11,16,18H,4,12H2,1-3H3,(H,19,21). The summed E-state index contributed by atoms with van der Waals surface area (Å²) >= 11 is 0. The zero-order valence-corrected chi connectivity index (χ0v) is 12.9. The molecule has 0 aliphatic carbocycles. The highest BCUT2D eigenvalue weighted by Crippen LogP contribution is 2.16. The molecule has 0 saturated heterocycles. The molecule has 112 valence electrons. The second-order valence-corrected chi connectivity index (χ2v) is 5.28. The maximum Gasteiger partial charge on any atom is 0.244 e. The number of nitrogens with one attached hydrogen (secondary N) is 2. The normalized spacial score (nSPS) is 12.1. The molecule has 0 bridgehead atoms. The summed E-state index contributed by atoms with van der Waals surface area (Å²) in [5.41, 5.74) is 3.23. The van der Waals surface area contributed by atoms with Crippen molar-refractivity contribution < 1.29 is 4.79 Å². The van der Waals surface area contributed by atoms with Gasteiger partial charge >= 0.3 is 0 Å². The molecule has 0 fully saturated rings. The van der Waals surface area contributed by atoms with Gasteiger partial charge in [-0.05, 0) is 44.2 Å². The average molecular weight is 285 g/mol. The van der Waals surface area contributed by atoms with Crippen molar-refractivity contribution in [3.63, 3.8) is 0 Å². The lowest BCUT2D eigenvalue weighted by Gasteiger charge is -2.11. The van der Waals surface area contributed by atoms with Crippen molar-refractivity contribution in [2.45, 2.75) is 32.9 Å². The van der Waals surface area contributed by atoms with Gasteiger partial charge in [-0.15, -0.1) is 0 Å². The van der Waals surface area contributed by atoms with E-state index >= 15 is 0 Å². The van der Waals surface area contributed by atoms with Crippen LogP contribution in [0.1, 0.15) is 30.5 Å². The minimum atomic E-state index is -0.0153. The summed E-state index contributed by atoms with van der Waals surface area (Å²) in [4.78, 5) is 12.0. The van der Waals surface area contributed by atoms with Crippen molar-refractivity contribution >= 4 is 11.6 Å². The van der Waals surface area contributed by atoms with Crippen molar-refractivity contribution in [2.24, 2.45) is 0 Å². The number of anilines is 1. The van der Waals surface area contributed by atoms with Crippen LogP contribution >= 0.6 is 0 Å². The number of nitrogens with zero attached hydrogens (tertiary/aromatic N) is 1. The summed E-state index contributed by atoms with van der Waals surface area (Å²) in [7, 11) is 1.95. The average Bonchev–Trinajstić information content (AvgIpc) is 2.91. The van der Waals surface area contributed by atoms with Crippen LogP contribution in [0.3, 0.4) is 0 Å². The molecule has 1 aromatic heterocycles. The third-order valence-electron chi connectivity index (χ3n) is 3.59. The fourth-order valence-electron chi connectivity index (χ4n) is 2.37. The predicted molar refractivity (Wildman–Crippen MR) is 86.3 cm³/mol. The van der Waals surface area contributed by atoms with Crippen LogP contribution in [-0.4, -0.2) is 17.5 Å². The number of aryl methyl sites for hydroxylation is 1. The minimum Gasteiger partial charge on any atom is -0.345 e. The van der Waals surface area contributed by atoms with Gasteiger partial charge in [0, 0.05) is 24.1 Å². The largest absolute Gasteiger partial charge is 0.345 e. The first-order valence-electron chi connectivity index (χ1n) is 7.32. The van der Waals surface area contributed by atoms with Crippen LogP contribution in [0, 0.1) is 6.92 Å². The molecule has 1 amide bonds. The van der Waals surface area contributed by atoms with Gasteiger partial charge in [-0.2, -0.15) is 0 Å². The van der Waals surface area contributed by atoms with E-state index in [4.69, 9.17) is 0 Å². The van der Waals surface area contributed by atoms with Gasteiger partial charge in [0.05, 0.1) is 0 Å². The van der Waals surface area contributed by atoms with Crippen molar-refractivity contribution in [3.8, 4) is 0 Å². The Morgan fingerprint density at radius 1 is 1.24 bits per heavy atom. The van der Waals surface area contributed by atoms with Gasteiger partial charge in [-0.3, -0.25) is 4.79 Å². The topological polar surface area (TPSA) is 46.1 Å². The van der Waals surface area contributed by atoms with Crippen molar-refractivity contribution in [2.75, 3.05) is 12.4 Å². The summed E-state index contributed by atoms with van der Waals surface area (Å²) in [5, 5.41) is 6.17. The van der Waals surface area contributed by atoms with E-state index in [1.807, 2.05) is 55.2 Å². The number of aromatic nitrogens is 1. The summed E-state index contributed by atoms with van der Waals surface area (Å²) in [5.74, 6) is -0.0153. The zero-order valence-electron chi connectivity index (χ0n) is 12.9. The number of amides is 1. The Bertz CT molecular complexity index is 582. The summed E-state index contributed by atoms with van der Waals surface area (Å²) in [6, 6.07) is 10.2. The molecule has 1 aromatic carbocycles. The molecule has 1 atom stereocenters. The fourth-order valence-corrected chi connectivity index (χ4v) is 2.37. The van der Waals surface area contributed by atoms with Gasteiger partial charge in [0.2, 0.25) is 5.91 Å². The van der Waals surface area contributed by atoms with Gasteiger partial charge in [-0.25, -0.2) is 0 Å². The third-order valence-corrected chi connectivity index (χ3v) is 3.59. The molecule has 0 spiro atoms. The van der Waals surface area contributed by atoms with Crippen LogP contribution in [0.25, 0.3) is 0 Å². The van der Waals surface area contributed by atoms with E-state index in [0.717, 1.165) is 12.1 Å². The summed E-state index contributed by atoms with van der Waals surface area (Å²) in [6.45, 7) is 4.50. The molecule has 0 aliphatic rings. The predicted octanol–water partition coefficient (Wildman–Crippen LogP) is 3.11. The Hall–Kier alpha value is -2.07. The van der Waals surface area contributed by atoms with E-state index in [9.17, 15) is 4.79 Å². The highest BCUT2D eigenvalue weighted by atomic mass is 16.1. The summed E-state index contributed by atoms with van der Waals surface area (Å²) < 4.78 is 1.92. The second kappa shape index (κ2) is 7.09. The van der Waals surface area contributed by atoms with Crippen LogP contribution in [0.15, 0.2) is 42.7 Å². The molecule has 4 nitrogen and oxygen atoms in total. The highest BCUT2D eigenvalue weighted by Gasteiger charge is 2.09. The van der Waals surface area contributed by atoms with Crippen LogP contribution < -0.4 is 10.6 Å². The Labute approximate surface area is 126 Å². The van der Waals surface area contributed by atoms with Gasteiger partial charge < -0.3 is 15.2 Å². The number of hydrogen-bond donors (Lipinski definition) is 2. The number of carbonyl (C=O) groups excluding carboxylic acids is 1. The molecular formula is C17H23N3O. The Morgan fingerprint density at radius 3 is 2.57 bits per heavy atom. The molecule has 1 unspecified atom stereocenters. The van der Waals surface area contributed by atoms with Crippen molar-refractivity contribution in [1.82, 2.24) is 9.88 Å². The maximum absolute atomic E-state index is 12.0. The number of benzene rings is 1. The maximum atomic E-state index is 12.0. The molecule has 2 N–H and O–H groups in total. The number of rotatable bonds is 6. The lowest BCUT2D eigenvalue weighted by Crippen LogP contribution is -2.18. The van der Waals surface area contributed by atoms with E-state index in [0.29, 0.717) is 12.6 Å². The summed E-state index contributed by atoms with van der Waals surface area (Å²) in [6.07, 6.45) is 5.00. The van der Waals surface area contributed by atoms with E-state index < -0.39 is 0 Å². The SMILES string of the molecule is CCC(NC)c1ccn(CC(=O)Nc2ccc(C)cc2)c1. The molecule has 21 heavy (non-hydrogen) atoms. The highest BCUT2D eigenvalue weighted by molar-refractivity contribution is 5.90. The van der Waals surface area contributed by atoms with Crippen molar-refractivity contribution in [3.05, 3.63) is 53.9 Å². The number of carbonyl (C=O) groups is 1. The zero-order chi connectivity index (χ0) is 15.2. The molecule has 0 aliphatic heterocycles. The molecule has 1 heterocycles. The third kappa shape index (κ3) is 4.20. The molecule has 0 radical (unpaired) electrons. The van der Waals surface area contributed by atoms with Crippen LogP contribution in [0.2, 0.25) is 0 Å². The molecule has 4 heteroatoms. The Morgan fingerprint density at radius 2 is 1.95 bits per heavy atom. The Kier molecular flexibility index (Phi) is 5.17. The van der Waals surface area contributed by atoms with Gasteiger partial charge in [0.25, 0.3) is 0 Å². The number of hydrogen-bond acceptors (Lipinski definition) is 2. The smallest absolute Gasteiger partial charge is 0.244 e. The van der Waals surface area contributed by atoms with Crippen LogP contribution in [-0.2, 0) is 11.3 Å².